The topological polar surface area (TPSA) is 81.3 Å². The molecule has 1 aromatic heterocycles. The largest absolute Gasteiger partial charge is 0.356 e. The lowest BCUT2D eigenvalue weighted by Gasteiger charge is -2.35. The Labute approximate surface area is 149 Å². The van der Waals surface area contributed by atoms with Gasteiger partial charge in [-0.3, -0.25) is 19.6 Å². The fourth-order valence-corrected chi connectivity index (χ4v) is 3.86. The van der Waals surface area contributed by atoms with Gasteiger partial charge in [-0.15, -0.1) is 0 Å². The number of carbonyl (C=O) groups is 2. The molecule has 2 N–H and O–H groups in total. The standard InChI is InChI=1S/C18H29N5O2/c24-17-12-16-6-1-3-8-22(16)10-5-11-23(9-4-2-7-19-17)18(25)15-13-20-21-14-15/h13-14,16H,1-12H2,(H,19,24)(H,20,21). The van der Waals surface area contributed by atoms with Gasteiger partial charge in [0.25, 0.3) is 5.91 Å². The molecule has 0 aliphatic carbocycles. The van der Waals surface area contributed by atoms with Crippen molar-refractivity contribution in [2.24, 2.45) is 0 Å². The molecule has 7 heteroatoms. The molecule has 25 heavy (non-hydrogen) atoms. The maximum Gasteiger partial charge on any atom is 0.257 e. The van der Waals surface area contributed by atoms with E-state index >= 15 is 0 Å². The number of fused-ring (bicyclic) bond motifs is 1. The van der Waals surface area contributed by atoms with E-state index in [1.807, 2.05) is 4.90 Å². The van der Waals surface area contributed by atoms with Crippen molar-refractivity contribution in [3.8, 4) is 0 Å². The van der Waals surface area contributed by atoms with Crippen LogP contribution in [0.2, 0.25) is 0 Å². The third-order valence-electron chi connectivity index (χ3n) is 5.25. The van der Waals surface area contributed by atoms with Crippen LogP contribution < -0.4 is 5.32 Å². The number of piperidine rings is 1. The number of hydrogen-bond acceptors (Lipinski definition) is 4. The van der Waals surface area contributed by atoms with Gasteiger partial charge in [-0.25, -0.2) is 0 Å². The second kappa shape index (κ2) is 8.99. The van der Waals surface area contributed by atoms with E-state index in [0.717, 1.165) is 51.9 Å². The van der Waals surface area contributed by atoms with Gasteiger partial charge in [-0.1, -0.05) is 6.42 Å². The van der Waals surface area contributed by atoms with Crippen LogP contribution in [-0.2, 0) is 4.79 Å². The van der Waals surface area contributed by atoms with Crippen LogP contribution >= 0.6 is 0 Å². The Kier molecular flexibility index (Phi) is 6.44. The molecule has 3 rings (SSSR count). The van der Waals surface area contributed by atoms with E-state index in [9.17, 15) is 9.59 Å². The Bertz CT molecular complexity index is 560. The smallest absolute Gasteiger partial charge is 0.257 e. The zero-order valence-electron chi connectivity index (χ0n) is 14.9. The zero-order valence-corrected chi connectivity index (χ0v) is 14.9. The Balaban J connectivity index is 1.64. The molecule has 1 unspecified atom stereocenters. The van der Waals surface area contributed by atoms with Gasteiger partial charge in [0.05, 0.1) is 11.8 Å². The summed E-state index contributed by atoms with van der Waals surface area (Å²) in [6.07, 6.45) is 10.1. The number of aromatic nitrogens is 2. The summed E-state index contributed by atoms with van der Waals surface area (Å²) in [4.78, 5) is 29.2. The molecular formula is C18H29N5O2. The minimum Gasteiger partial charge on any atom is -0.356 e. The fourth-order valence-electron chi connectivity index (χ4n) is 3.86. The Hall–Kier alpha value is -1.89. The van der Waals surface area contributed by atoms with E-state index in [0.29, 0.717) is 24.6 Å². The molecule has 2 fully saturated rings. The lowest BCUT2D eigenvalue weighted by atomic mass is 9.98. The highest BCUT2D eigenvalue weighted by Crippen LogP contribution is 2.20. The second-order valence-corrected chi connectivity index (χ2v) is 7.08. The first kappa shape index (κ1) is 17.9. The highest BCUT2D eigenvalue weighted by Gasteiger charge is 2.25. The van der Waals surface area contributed by atoms with Crippen molar-refractivity contribution in [2.75, 3.05) is 32.7 Å². The SMILES string of the molecule is O=C1CC2CCCCN2CCCN(C(=O)c2cn[nH]c2)CCCCN1. The number of amides is 2. The van der Waals surface area contributed by atoms with E-state index in [1.165, 1.54) is 12.8 Å². The van der Waals surface area contributed by atoms with Crippen LogP contribution in [0.3, 0.4) is 0 Å². The molecule has 2 amide bonds. The minimum absolute atomic E-state index is 0.0443. The van der Waals surface area contributed by atoms with Gasteiger partial charge in [-0.05, 0) is 38.6 Å². The average molecular weight is 347 g/mol. The molecule has 0 bridgehead atoms. The van der Waals surface area contributed by atoms with Gasteiger partial charge >= 0.3 is 0 Å². The summed E-state index contributed by atoms with van der Waals surface area (Å²) in [6, 6.07) is 0.354. The Morgan fingerprint density at radius 3 is 2.72 bits per heavy atom. The van der Waals surface area contributed by atoms with Crippen LogP contribution in [0, 0.1) is 0 Å². The van der Waals surface area contributed by atoms with Crippen molar-refractivity contribution in [1.82, 2.24) is 25.3 Å². The van der Waals surface area contributed by atoms with Crippen LogP contribution in [-0.4, -0.2) is 70.6 Å². The van der Waals surface area contributed by atoms with Crippen molar-refractivity contribution in [3.63, 3.8) is 0 Å². The highest BCUT2D eigenvalue weighted by molar-refractivity contribution is 5.93. The number of carbonyl (C=O) groups excluding carboxylic acids is 2. The first-order valence-corrected chi connectivity index (χ1v) is 9.53. The first-order chi connectivity index (χ1) is 12.2. The summed E-state index contributed by atoms with van der Waals surface area (Å²) in [6.45, 7) is 4.19. The van der Waals surface area contributed by atoms with Crippen LogP contribution in [0.1, 0.15) is 55.3 Å². The third kappa shape index (κ3) is 5.04. The number of nitrogens with zero attached hydrogens (tertiary/aromatic N) is 3. The molecule has 2 aliphatic rings. The number of hydrogen-bond donors (Lipinski definition) is 2. The van der Waals surface area contributed by atoms with Crippen molar-refractivity contribution in [3.05, 3.63) is 18.0 Å². The van der Waals surface area contributed by atoms with Crippen molar-refractivity contribution < 1.29 is 9.59 Å². The lowest BCUT2D eigenvalue weighted by molar-refractivity contribution is -0.122. The van der Waals surface area contributed by atoms with E-state index in [4.69, 9.17) is 0 Å². The lowest BCUT2D eigenvalue weighted by Crippen LogP contribution is -2.44. The predicted octanol–water partition coefficient (Wildman–Crippen LogP) is 1.40. The predicted molar refractivity (Wildman–Crippen MR) is 95.2 cm³/mol. The van der Waals surface area contributed by atoms with E-state index < -0.39 is 0 Å². The molecule has 138 valence electrons. The van der Waals surface area contributed by atoms with Gasteiger partial charge in [0.2, 0.25) is 5.91 Å². The van der Waals surface area contributed by atoms with Gasteiger partial charge in [0, 0.05) is 44.8 Å². The first-order valence-electron chi connectivity index (χ1n) is 9.53. The van der Waals surface area contributed by atoms with Gasteiger partial charge in [0.1, 0.15) is 0 Å². The van der Waals surface area contributed by atoms with Gasteiger partial charge in [0.15, 0.2) is 0 Å². The monoisotopic (exact) mass is 347 g/mol. The molecule has 2 saturated heterocycles. The fraction of sp³-hybridized carbons (Fsp3) is 0.722. The van der Waals surface area contributed by atoms with Crippen LogP contribution in [0.25, 0.3) is 0 Å². The number of nitrogens with one attached hydrogen (secondary N) is 2. The number of aromatic amines is 1. The summed E-state index contributed by atoms with van der Waals surface area (Å²) < 4.78 is 0. The molecule has 7 nitrogen and oxygen atoms in total. The molecule has 3 heterocycles. The van der Waals surface area contributed by atoms with Crippen molar-refractivity contribution in [2.45, 2.75) is 51.0 Å². The highest BCUT2D eigenvalue weighted by atomic mass is 16.2. The summed E-state index contributed by atoms with van der Waals surface area (Å²) in [5.74, 6) is 0.213. The summed E-state index contributed by atoms with van der Waals surface area (Å²) in [5, 5.41) is 9.64. The molecule has 0 aromatic carbocycles. The molecule has 0 radical (unpaired) electrons. The molecule has 1 aromatic rings. The third-order valence-corrected chi connectivity index (χ3v) is 5.25. The molecule has 1 atom stereocenters. The summed E-state index contributed by atoms with van der Waals surface area (Å²) in [7, 11) is 0. The second-order valence-electron chi connectivity index (χ2n) is 7.08. The summed E-state index contributed by atoms with van der Waals surface area (Å²) >= 11 is 0. The maximum atomic E-state index is 12.7. The maximum absolute atomic E-state index is 12.7. The zero-order chi connectivity index (χ0) is 17.5. The van der Waals surface area contributed by atoms with Gasteiger partial charge in [-0.2, -0.15) is 5.10 Å². The van der Waals surface area contributed by atoms with Gasteiger partial charge < -0.3 is 10.2 Å². The number of H-pyrrole nitrogens is 1. The molecule has 0 spiro atoms. The number of rotatable bonds is 1. The van der Waals surface area contributed by atoms with Crippen LogP contribution in [0.5, 0.6) is 0 Å². The Morgan fingerprint density at radius 1 is 1.08 bits per heavy atom. The van der Waals surface area contributed by atoms with E-state index in [1.54, 1.807) is 12.4 Å². The van der Waals surface area contributed by atoms with Crippen molar-refractivity contribution in [1.29, 1.82) is 0 Å². The molecule has 2 aliphatic heterocycles. The van der Waals surface area contributed by atoms with E-state index in [2.05, 4.69) is 20.4 Å². The van der Waals surface area contributed by atoms with Crippen LogP contribution in [0.15, 0.2) is 12.4 Å². The minimum atomic E-state index is 0.0443. The average Bonchev–Trinajstić information content (AvgIpc) is 3.15. The molecule has 0 saturated carbocycles. The normalized spacial score (nSPS) is 24.4. The Morgan fingerprint density at radius 2 is 1.88 bits per heavy atom. The quantitative estimate of drug-likeness (QED) is 0.804. The van der Waals surface area contributed by atoms with Crippen molar-refractivity contribution >= 4 is 11.8 Å². The van der Waals surface area contributed by atoms with E-state index in [-0.39, 0.29) is 11.8 Å². The van der Waals surface area contributed by atoms with Crippen LogP contribution in [0.4, 0.5) is 0 Å². The molecular weight excluding hydrogens is 318 g/mol. The summed E-state index contributed by atoms with van der Waals surface area (Å²) in [5.41, 5.74) is 0.619.